The van der Waals surface area contributed by atoms with Crippen molar-refractivity contribution in [2.75, 3.05) is 20.6 Å². The summed E-state index contributed by atoms with van der Waals surface area (Å²) in [5.41, 5.74) is 2.37. The van der Waals surface area contributed by atoms with Crippen molar-refractivity contribution in [1.82, 2.24) is 24.6 Å². The first-order valence-electron chi connectivity index (χ1n) is 7.28. The van der Waals surface area contributed by atoms with Gasteiger partial charge in [0.2, 0.25) is 0 Å². The molecule has 1 aromatic carbocycles. The Morgan fingerprint density at radius 1 is 1.36 bits per heavy atom. The van der Waals surface area contributed by atoms with E-state index in [-0.39, 0.29) is 5.69 Å². The molecule has 0 aliphatic rings. The van der Waals surface area contributed by atoms with E-state index in [1.165, 1.54) is 0 Å². The van der Waals surface area contributed by atoms with Gasteiger partial charge in [-0.15, -0.1) is 0 Å². The molecule has 2 heterocycles. The highest BCUT2D eigenvalue weighted by molar-refractivity contribution is 5.80. The normalized spacial score (nSPS) is 11.6. The molecule has 0 amide bonds. The number of benzene rings is 1. The molecule has 0 aliphatic carbocycles. The molecule has 7 nitrogen and oxygen atoms in total. The topological polar surface area (TPSA) is 80.0 Å². The zero-order valence-electron chi connectivity index (χ0n) is 13.0. The maximum absolute atomic E-state index is 12.1. The molecule has 0 saturated carbocycles. The summed E-state index contributed by atoms with van der Waals surface area (Å²) >= 11 is 0. The Balaban J connectivity index is 2.04. The molecule has 0 radical (unpaired) electrons. The summed E-state index contributed by atoms with van der Waals surface area (Å²) in [7, 11) is 3.96. The number of fused-ring (bicyclic) bond motifs is 1. The van der Waals surface area contributed by atoms with Gasteiger partial charge in [-0.25, -0.2) is 4.79 Å². The van der Waals surface area contributed by atoms with Gasteiger partial charge in [0.25, 0.3) is 5.89 Å². The number of H-pyrrole nitrogens is 1. The van der Waals surface area contributed by atoms with E-state index in [2.05, 4.69) is 15.1 Å². The molecule has 1 N–H and O–H groups in total. The fourth-order valence-corrected chi connectivity index (χ4v) is 2.32. The lowest BCUT2D eigenvalue weighted by Crippen LogP contribution is -2.24. The minimum absolute atomic E-state index is 0.103. The Bertz CT molecular complexity index is 843. The van der Waals surface area contributed by atoms with Crippen LogP contribution in [0.4, 0.5) is 0 Å². The van der Waals surface area contributed by atoms with Crippen molar-refractivity contribution in [1.29, 1.82) is 0 Å². The van der Waals surface area contributed by atoms with Gasteiger partial charge >= 0.3 is 5.69 Å². The van der Waals surface area contributed by atoms with Crippen LogP contribution in [0.3, 0.4) is 0 Å². The van der Waals surface area contributed by atoms with Crippen molar-refractivity contribution in [3.8, 4) is 11.5 Å². The predicted octanol–water partition coefficient (Wildman–Crippen LogP) is 1.50. The van der Waals surface area contributed by atoms with Crippen molar-refractivity contribution in [2.45, 2.75) is 19.9 Å². The second-order valence-electron chi connectivity index (χ2n) is 5.49. The highest BCUT2D eigenvalue weighted by Crippen LogP contribution is 2.22. The standard InChI is InChI=1S/C15H19N5O2/c1-4-13-17-14(22-18-13)10-5-6-11-12(9-10)20(15(21)16-11)8-7-19(2)3/h5-6,9H,4,7-8H2,1-3H3,(H,16,21). The molecular formula is C15H19N5O2. The molecule has 0 unspecified atom stereocenters. The van der Waals surface area contributed by atoms with Crippen LogP contribution in [0.1, 0.15) is 12.7 Å². The summed E-state index contributed by atoms with van der Waals surface area (Å²) < 4.78 is 7.00. The Hall–Kier alpha value is -2.41. The molecule has 0 fully saturated rings. The molecule has 0 atom stereocenters. The number of imidazole rings is 1. The van der Waals surface area contributed by atoms with E-state index in [9.17, 15) is 4.79 Å². The maximum atomic E-state index is 12.1. The zero-order valence-corrected chi connectivity index (χ0v) is 13.0. The van der Waals surface area contributed by atoms with Crippen LogP contribution in [0.15, 0.2) is 27.5 Å². The molecule has 0 aliphatic heterocycles. The summed E-state index contributed by atoms with van der Waals surface area (Å²) in [5, 5.41) is 3.91. The quantitative estimate of drug-likeness (QED) is 0.772. The number of aryl methyl sites for hydroxylation is 1. The summed E-state index contributed by atoms with van der Waals surface area (Å²) in [6.45, 7) is 3.39. The van der Waals surface area contributed by atoms with Gasteiger partial charge in [-0.3, -0.25) is 4.57 Å². The number of hydrogen-bond acceptors (Lipinski definition) is 5. The lowest BCUT2D eigenvalue weighted by molar-refractivity contribution is 0.384. The predicted molar refractivity (Wildman–Crippen MR) is 83.8 cm³/mol. The summed E-state index contributed by atoms with van der Waals surface area (Å²) in [5.74, 6) is 1.15. The molecule has 0 bridgehead atoms. The number of nitrogens with one attached hydrogen (secondary N) is 1. The van der Waals surface area contributed by atoms with Gasteiger partial charge in [0.1, 0.15) is 0 Å². The van der Waals surface area contributed by atoms with Crippen LogP contribution in [-0.2, 0) is 13.0 Å². The van der Waals surface area contributed by atoms with Crippen LogP contribution in [-0.4, -0.2) is 45.2 Å². The van der Waals surface area contributed by atoms with E-state index < -0.39 is 0 Å². The minimum Gasteiger partial charge on any atom is -0.334 e. The van der Waals surface area contributed by atoms with Crippen molar-refractivity contribution >= 4 is 11.0 Å². The lowest BCUT2D eigenvalue weighted by Gasteiger charge is -2.10. The highest BCUT2D eigenvalue weighted by Gasteiger charge is 2.12. The highest BCUT2D eigenvalue weighted by atomic mass is 16.5. The largest absolute Gasteiger partial charge is 0.334 e. The number of nitrogens with zero attached hydrogens (tertiary/aromatic N) is 4. The minimum atomic E-state index is -0.103. The van der Waals surface area contributed by atoms with Crippen molar-refractivity contribution in [3.05, 3.63) is 34.5 Å². The van der Waals surface area contributed by atoms with Crippen molar-refractivity contribution in [3.63, 3.8) is 0 Å². The molecule has 3 aromatic rings. The zero-order chi connectivity index (χ0) is 15.7. The van der Waals surface area contributed by atoms with E-state index in [1.807, 2.05) is 44.1 Å². The summed E-state index contributed by atoms with van der Waals surface area (Å²) in [4.78, 5) is 21.3. The van der Waals surface area contributed by atoms with Crippen molar-refractivity contribution in [2.24, 2.45) is 0 Å². The first kappa shape index (κ1) is 14.5. The Labute approximate surface area is 127 Å². The van der Waals surface area contributed by atoms with E-state index in [0.29, 0.717) is 18.3 Å². The van der Waals surface area contributed by atoms with Crippen LogP contribution in [0.25, 0.3) is 22.5 Å². The third kappa shape index (κ3) is 2.67. The molecular weight excluding hydrogens is 282 g/mol. The Morgan fingerprint density at radius 3 is 2.86 bits per heavy atom. The monoisotopic (exact) mass is 301 g/mol. The third-order valence-electron chi connectivity index (χ3n) is 3.58. The average Bonchev–Trinajstić information content (AvgIpc) is 3.08. The smallest absolute Gasteiger partial charge is 0.326 e. The number of aromatic nitrogens is 4. The summed E-state index contributed by atoms with van der Waals surface area (Å²) in [6.07, 6.45) is 0.726. The van der Waals surface area contributed by atoms with Gasteiger partial charge in [-0.2, -0.15) is 4.98 Å². The van der Waals surface area contributed by atoms with Gasteiger partial charge in [0, 0.05) is 25.1 Å². The van der Waals surface area contributed by atoms with E-state index >= 15 is 0 Å². The summed E-state index contributed by atoms with van der Waals surface area (Å²) in [6, 6.07) is 5.66. The van der Waals surface area contributed by atoms with Crippen LogP contribution in [0.2, 0.25) is 0 Å². The number of hydrogen-bond donors (Lipinski definition) is 1. The van der Waals surface area contributed by atoms with Gasteiger partial charge in [-0.05, 0) is 32.3 Å². The second-order valence-corrected chi connectivity index (χ2v) is 5.49. The van der Waals surface area contributed by atoms with Crippen molar-refractivity contribution < 1.29 is 4.52 Å². The molecule has 0 spiro atoms. The number of likely N-dealkylation sites (N-methyl/N-ethyl adjacent to an activating group) is 1. The molecule has 116 valence electrons. The van der Waals surface area contributed by atoms with Crippen LogP contribution in [0.5, 0.6) is 0 Å². The first-order valence-corrected chi connectivity index (χ1v) is 7.28. The lowest BCUT2D eigenvalue weighted by atomic mass is 10.2. The van der Waals surface area contributed by atoms with Gasteiger partial charge < -0.3 is 14.4 Å². The molecule has 7 heteroatoms. The molecule has 22 heavy (non-hydrogen) atoms. The SMILES string of the molecule is CCc1noc(-c2ccc3[nH]c(=O)n(CCN(C)C)c3c2)n1. The Kier molecular flexibility index (Phi) is 3.81. The second kappa shape index (κ2) is 5.76. The van der Waals surface area contributed by atoms with Gasteiger partial charge in [0.15, 0.2) is 5.82 Å². The number of rotatable bonds is 5. The van der Waals surface area contributed by atoms with E-state index in [4.69, 9.17) is 4.52 Å². The third-order valence-corrected chi connectivity index (χ3v) is 3.58. The molecule has 2 aromatic heterocycles. The molecule has 3 rings (SSSR count). The van der Waals surface area contributed by atoms with Gasteiger partial charge in [-0.1, -0.05) is 12.1 Å². The Morgan fingerprint density at radius 2 is 2.18 bits per heavy atom. The first-order chi connectivity index (χ1) is 10.6. The fourth-order valence-electron chi connectivity index (χ4n) is 2.32. The average molecular weight is 301 g/mol. The van der Waals surface area contributed by atoms with E-state index in [1.54, 1.807) is 4.57 Å². The fraction of sp³-hybridized carbons (Fsp3) is 0.400. The van der Waals surface area contributed by atoms with E-state index in [0.717, 1.165) is 29.6 Å². The van der Waals surface area contributed by atoms with Crippen LogP contribution < -0.4 is 5.69 Å². The van der Waals surface area contributed by atoms with Crippen LogP contribution >= 0.6 is 0 Å². The van der Waals surface area contributed by atoms with Crippen LogP contribution in [0, 0.1) is 0 Å². The number of aromatic amines is 1. The maximum Gasteiger partial charge on any atom is 0.326 e. The van der Waals surface area contributed by atoms with Gasteiger partial charge in [0.05, 0.1) is 11.0 Å². The molecule has 0 saturated heterocycles.